The van der Waals surface area contributed by atoms with Crippen molar-refractivity contribution < 1.29 is 37.4 Å². The minimum atomic E-state index is -0.559. The monoisotopic (exact) mass is 348 g/mol. The van der Waals surface area contributed by atoms with E-state index in [-0.39, 0.29) is 18.8 Å². The van der Waals surface area contributed by atoms with Gasteiger partial charge < -0.3 is 18.9 Å². The summed E-state index contributed by atoms with van der Waals surface area (Å²) in [6.07, 6.45) is 1.69. The molecule has 0 bridgehead atoms. The van der Waals surface area contributed by atoms with Crippen molar-refractivity contribution in [2.24, 2.45) is 0 Å². The van der Waals surface area contributed by atoms with Gasteiger partial charge in [0.25, 0.3) is 6.47 Å². The maximum absolute atomic E-state index is 13.3. The number of rotatable bonds is 10. The number of halogens is 1. The fourth-order valence-corrected chi connectivity index (χ4v) is 2.97. The smallest absolute Gasteiger partial charge is 0.302 e. The third-order valence-electron chi connectivity index (χ3n) is 4.65. The molecule has 4 unspecified atom stereocenters. The highest BCUT2D eigenvalue weighted by molar-refractivity contribution is 5.65. The minimum Gasteiger partial charge on any atom is -0.464 e. The van der Waals surface area contributed by atoms with Crippen LogP contribution < -0.4 is 0 Å². The average molecular weight is 348 g/mol. The second-order valence-corrected chi connectivity index (χ2v) is 6.74. The van der Waals surface area contributed by atoms with Crippen molar-refractivity contribution in [1.82, 2.24) is 0 Å². The molecule has 0 aromatic carbocycles. The van der Waals surface area contributed by atoms with Gasteiger partial charge in [0.05, 0.1) is 25.8 Å². The fraction of sp³-hybridized carbons (Fsp3) is 0.875. The van der Waals surface area contributed by atoms with Gasteiger partial charge in [-0.3, -0.25) is 14.1 Å². The summed E-state index contributed by atoms with van der Waals surface area (Å²) in [5.74, 6) is -0.394. The third kappa shape index (κ3) is 5.68. The molecule has 0 radical (unpaired) electrons. The molecule has 0 aromatic heterocycles. The quantitative estimate of drug-likeness (QED) is 0.255. The van der Waals surface area contributed by atoms with E-state index in [0.29, 0.717) is 43.0 Å². The lowest BCUT2D eigenvalue weighted by Gasteiger charge is -2.35. The van der Waals surface area contributed by atoms with Gasteiger partial charge in [0.15, 0.2) is 6.29 Å². The fourth-order valence-electron chi connectivity index (χ4n) is 2.97. The standard InChI is InChI=1S/C16H27FNO6/c1-12(20)22-9-15-7-14(23-11-19)8-16(24-15)21-6-5-18(2,10-17)13-3-4-13/h11,13-16H,3-10H2,1-2H3/q+1. The first-order valence-electron chi connectivity index (χ1n) is 8.36. The summed E-state index contributed by atoms with van der Waals surface area (Å²) in [5.41, 5.74) is 0. The lowest BCUT2D eigenvalue weighted by atomic mass is 10.1. The summed E-state index contributed by atoms with van der Waals surface area (Å²) in [7, 11) is 1.89. The van der Waals surface area contributed by atoms with Gasteiger partial charge in [0, 0.05) is 32.6 Å². The molecule has 0 amide bonds. The van der Waals surface area contributed by atoms with Gasteiger partial charge in [-0.15, -0.1) is 0 Å². The average Bonchev–Trinajstić information content (AvgIpc) is 3.38. The van der Waals surface area contributed by atoms with Gasteiger partial charge in [-0.25, -0.2) is 0 Å². The van der Waals surface area contributed by atoms with E-state index in [4.69, 9.17) is 18.9 Å². The van der Waals surface area contributed by atoms with Crippen molar-refractivity contribution in [3.8, 4) is 0 Å². The Kier molecular flexibility index (Phi) is 6.94. The SMILES string of the molecule is CC(=O)OCC1CC(OC=O)CC(OCC[N+](C)(CF)C2CC2)O1. The number of likely N-dealkylation sites (N-methyl/N-ethyl adjacent to an activating group) is 1. The Morgan fingerprint density at radius 3 is 2.71 bits per heavy atom. The van der Waals surface area contributed by atoms with E-state index in [1.807, 2.05) is 7.05 Å². The summed E-state index contributed by atoms with van der Waals surface area (Å²) >= 11 is 0. The number of hydrogen-bond donors (Lipinski definition) is 0. The molecule has 0 N–H and O–H groups in total. The number of carbonyl (C=O) groups is 2. The molecule has 0 aromatic rings. The van der Waals surface area contributed by atoms with Crippen molar-refractivity contribution in [3.63, 3.8) is 0 Å². The molecule has 2 aliphatic rings. The highest BCUT2D eigenvalue weighted by Gasteiger charge is 2.41. The maximum atomic E-state index is 13.3. The Bertz CT molecular complexity index is 433. The molecule has 138 valence electrons. The summed E-state index contributed by atoms with van der Waals surface area (Å²) in [6, 6.07) is 0.383. The third-order valence-corrected chi connectivity index (χ3v) is 4.65. The van der Waals surface area contributed by atoms with Crippen LogP contribution in [0.25, 0.3) is 0 Å². The molecule has 8 heteroatoms. The first kappa shape index (κ1) is 19.1. The van der Waals surface area contributed by atoms with E-state index in [9.17, 15) is 14.0 Å². The van der Waals surface area contributed by atoms with Crippen molar-refractivity contribution in [2.45, 2.75) is 57.1 Å². The molecular formula is C16H27FNO6+. The molecule has 1 aliphatic carbocycles. The summed E-state index contributed by atoms with van der Waals surface area (Å²) in [4.78, 5) is 21.5. The van der Waals surface area contributed by atoms with Gasteiger partial charge in [0.2, 0.25) is 6.80 Å². The highest BCUT2D eigenvalue weighted by atomic mass is 19.1. The topological polar surface area (TPSA) is 71.1 Å². The van der Waals surface area contributed by atoms with Gasteiger partial charge in [0.1, 0.15) is 19.3 Å². The second kappa shape index (κ2) is 8.73. The van der Waals surface area contributed by atoms with Crippen LogP contribution in [0.3, 0.4) is 0 Å². The molecule has 4 atom stereocenters. The molecule has 2 rings (SSSR count). The van der Waals surface area contributed by atoms with Gasteiger partial charge in [-0.05, 0) is 0 Å². The van der Waals surface area contributed by atoms with Crippen LogP contribution in [-0.2, 0) is 28.5 Å². The molecule has 0 spiro atoms. The maximum Gasteiger partial charge on any atom is 0.302 e. The Balaban J connectivity index is 1.80. The zero-order valence-electron chi connectivity index (χ0n) is 14.3. The van der Waals surface area contributed by atoms with E-state index in [0.717, 1.165) is 12.8 Å². The summed E-state index contributed by atoms with van der Waals surface area (Å²) < 4.78 is 35.1. The first-order valence-corrected chi connectivity index (χ1v) is 8.36. The van der Waals surface area contributed by atoms with Crippen LogP contribution in [0.4, 0.5) is 4.39 Å². The molecule has 1 heterocycles. The molecule has 1 saturated carbocycles. The van der Waals surface area contributed by atoms with Crippen LogP contribution in [0.1, 0.15) is 32.6 Å². The van der Waals surface area contributed by atoms with Gasteiger partial charge >= 0.3 is 5.97 Å². The zero-order chi connectivity index (χ0) is 17.6. The minimum absolute atomic E-state index is 0.0915. The number of hydrogen-bond acceptors (Lipinski definition) is 6. The van der Waals surface area contributed by atoms with Crippen molar-refractivity contribution in [1.29, 1.82) is 0 Å². The number of ether oxygens (including phenoxy) is 4. The van der Waals surface area contributed by atoms with E-state index in [1.54, 1.807) is 0 Å². The van der Waals surface area contributed by atoms with E-state index in [1.165, 1.54) is 6.92 Å². The predicted molar refractivity (Wildman–Crippen MR) is 81.5 cm³/mol. The van der Waals surface area contributed by atoms with Crippen LogP contribution in [0.15, 0.2) is 0 Å². The van der Waals surface area contributed by atoms with Crippen LogP contribution in [0.2, 0.25) is 0 Å². The number of alkyl halides is 1. The first-order chi connectivity index (χ1) is 11.5. The van der Waals surface area contributed by atoms with E-state index >= 15 is 0 Å². The zero-order valence-corrected chi connectivity index (χ0v) is 14.3. The number of esters is 1. The number of quaternary nitrogens is 1. The Morgan fingerprint density at radius 2 is 2.12 bits per heavy atom. The van der Waals surface area contributed by atoms with Crippen molar-refractivity contribution in [3.05, 3.63) is 0 Å². The summed E-state index contributed by atoms with van der Waals surface area (Å²) in [5, 5.41) is 0. The van der Waals surface area contributed by atoms with Crippen LogP contribution in [0.5, 0.6) is 0 Å². The predicted octanol–water partition coefficient (Wildman–Crippen LogP) is 1.15. The summed E-state index contributed by atoms with van der Waals surface area (Å²) in [6.45, 7) is 2.33. The van der Waals surface area contributed by atoms with Crippen LogP contribution in [0, 0.1) is 0 Å². The number of nitrogens with zero attached hydrogens (tertiary/aromatic N) is 1. The van der Waals surface area contributed by atoms with E-state index in [2.05, 4.69) is 0 Å². The van der Waals surface area contributed by atoms with Crippen LogP contribution in [-0.4, -0.2) is 75.1 Å². The second-order valence-electron chi connectivity index (χ2n) is 6.74. The van der Waals surface area contributed by atoms with Crippen LogP contribution >= 0.6 is 0 Å². The van der Waals surface area contributed by atoms with Gasteiger partial charge in [-0.1, -0.05) is 0 Å². The molecule has 7 nitrogen and oxygen atoms in total. The van der Waals surface area contributed by atoms with Crippen molar-refractivity contribution >= 4 is 12.4 Å². The molecule has 1 saturated heterocycles. The van der Waals surface area contributed by atoms with Gasteiger partial charge in [-0.2, -0.15) is 4.39 Å². The normalized spacial score (nSPS) is 29.5. The number of carbonyl (C=O) groups excluding carboxylic acids is 2. The largest absolute Gasteiger partial charge is 0.464 e. The highest BCUT2D eigenvalue weighted by Crippen LogP contribution is 2.32. The Morgan fingerprint density at radius 1 is 1.38 bits per heavy atom. The lowest BCUT2D eigenvalue weighted by molar-refractivity contribution is -0.932. The Labute approximate surface area is 141 Å². The lowest BCUT2D eigenvalue weighted by Crippen LogP contribution is -2.48. The molecule has 24 heavy (non-hydrogen) atoms. The Hall–Kier alpha value is -1.25. The van der Waals surface area contributed by atoms with Crippen molar-refractivity contribution in [2.75, 3.05) is 33.6 Å². The molecular weight excluding hydrogens is 321 g/mol. The molecule has 2 fully saturated rings. The van der Waals surface area contributed by atoms with E-state index < -0.39 is 19.1 Å². The molecule has 1 aliphatic heterocycles.